The normalized spacial score (nSPS) is 29.3. The van der Waals surface area contributed by atoms with Crippen molar-refractivity contribution in [2.45, 2.75) is 32.6 Å². The summed E-state index contributed by atoms with van der Waals surface area (Å²) < 4.78 is 4.69. The largest absolute Gasteiger partial charge is 0.469 e. The molecule has 0 aromatic heterocycles. The second kappa shape index (κ2) is 3.74. The third-order valence-electron chi connectivity index (χ3n) is 2.58. The maximum absolute atomic E-state index is 11.1. The van der Waals surface area contributed by atoms with Crippen LogP contribution in [-0.4, -0.2) is 13.1 Å². The Morgan fingerprint density at radius 1 is 1.55 bits per heavy atom. The molecule has 2 heteroatoms. The van der Waals surface area contributed by atoms with Crippen LogP contribution in [0.2, 0.25) is 0 Å². The zero-order valence-electron chi connectivity index (χ0n) is 7.30. The van der Waals surface area contributed by atoms with E-state index in [2.05, 4.69) is 6.92 Å². The molecule has 1 aliphatic rings. The first-order valence-electron chi connectivity index (χ1n) is 4.37. The third-order valence-corrected chi connectivity index (χ3v) is 2.58. The van der Waals surface area contributed by atoms with Crippen molar-refractivity contribution in [3.63, 3.8) is 0 Å². The second-order valence-electron chi connectivity index (χ2n) is 3.26. The number of methoxy groups -OCH3 is 1. The Kier molecular flexibility index (Phi) is 2.92. The second-order valence-corrected chi connectivity index (χ2v) is 3.26. The van der Waals surface area contributed by atoms with Crippen LogP contribution < -0.4 is 0 Å². The van der Waals surface area contributed by atoms with Crippen LogP contribution in [0.1, 0.15) is 32.6 Å². The number of hydrogen-bond donors (Lipinski definition) is 0. The molecule has 0 aromatic carbocycles. The predicted molar refractivity (Wildman–Crippen MR) is 43.1 cm³/mol. The summed E-state index contributed by atoms with van der Waals surface area (Å²) in [6.45, 7) is 2.16. The molecular weight excluding hydrogens is 140 g/mol. The van der Waals surface area contributed by atoms with E-state index >= 15 is 0 Å². The minimum absolute atomic E-state index is 0.00491. The van der Waals surface area contributed by atoms with Crippen LogP contribution in [-0.2, 0) is 9.53 Å². The highest BCUT2D eigenvalue weighted by atomic mass is 16.5. The summed E-state index contributed by atoms with van der Waals surface area (Å²) in [5.41, 5.74) is 0. The molecule has 0 radical (unpaired) electrons. The first-order chi connectivity index (χ1) is 5.29. The number of ether oxygens (including phenoxy) is 1. The van der Waals surface area contributed by atoms with Crippen molar-refractivity contribution in [1.29, 1.82) is 0 Å². The molecule has 0 aliphatic heterocycles. The van der Waals surface area contributed by atoms with Gasteiger partial charge in [-0.25, -0.2) is 0 Å². The molecule has 1 aliphatic carbocycles. The summed E-state index contributed by atoms with van der Waals surface area (Å²) >= 11 is 0. The Morgan fingerprint density at radius 3 is 2.64 bits per heavy atom. The molecule has 0 spiro atoms. The lowest BCUT2D eigenvalue weighted by atomic mass is 9.71. The molecule has 0 heterocycles. The summed E-state index contributed by atoms with van der Waals surface area (Å²) in [6, 6.07) is 0. The maximum atomic E-state index is 11.1. The number of hydrogen-bond acceptors (Lipinski definition) is 2. The highest BCUT2D eigenvalue weighted by Crippen LogP contribution is 2.38. The van der Waals surface area contributed by atoms with E-state index in [1.54, 1.807) is 0 Å². The molecule has 0 amide bonds. The van der Waals surface area contributed by atoms with Gasteiger partial charge in [0.25, 0.3) is 0 Å². The van der Waals surface area contributed by atoms with Gasteiger partial charge in [-0.15, -0.1) is 0 Å². The van der Waals surface area contributed by atoms with Crippen molar-refractivity contribution >= 4 is 5.97 Å². The monoisotopic (exact) mass is 156 g/mol. The minimum Gasteiger partial charge on any atom is -0.469 e. The van der Waals surface area contributed by atoms with E-state index in [1.165, 1.54) is 26.4 Å². The van der Waals surface area contributed by atoms with Gasteiger partial charge >= 0.3 is 5.97 Å². The molecular formula is C9H16O2. The molecule has 0 bridgehead atoms. The van der Waals surface area contributed by atoms with Crippen molar-refractivity contribution in [1.82, 2.24) is 0 Å². The van der Waals surface area contributed by atoms with E-state index < -0.39 is 0 Å². The predicted octanol–water partition coefficient (Wildman–Crippen LogP) is 1.99. The Labute approximate surface area is 67.9 Å². The standard InChI is InChI=1S/C9H16O2/c1-3-4-7-5-6-8(7)9(10)11-2/h7-8H,3-6H2,1-2H3. The van der Waals surface area contributed by atoms with Crippen LogP contribution in [0.5, 0.6) is 0 Å². The van der Waals surface area contributed by atoms with E-state index in [0.29, 0.717) is 5.92 Å². The van der Waals surface area contributed by atoms with Gasteiger partial charge in [0.15, 0.2) is 0 Å². The Morgan fingerprint density at radius 2 is 2.27 bits per heavy atom. The summed E-state index contributed by atoms with van der Waals surface area (Å²) in [5, 5.41) is 0. The number of carbonyl (C=O) groups excluding carboxylic acids is 1. The average Bonchev–Trinajstić information content (AvgIpc) is 1.98. The van der Waals surface area contributed by atoms with Crippen molar-refractivity contribution in [3.8, 4) is 0 Å². The molecule has 1 fully saturated rings. The first kappa shape index (κ1) is 8.57. The van der Waals surface area contributed by atoms with E-state index in [4.69, 9.17) is 4.74 Å². The maximum Gasteiger partial charge on any atom is 0.308 e. The van der Waals surface area contributed by atoms with E-state index in [0.717, 1.165) is 6.42 Å². The minimum atomic E-state index is -0.00491. The van der Waals surface area contributed by atoms with Gasteiger partial charge in [0.2, 0.25) is 0 Å². The lowest BCUT2D eigenvalue weighted by Crippen LogP contribution is -2.33. The van der Waals surface area contributed by atoms with Crippen molar-refractivity contribution < 1.29 is 9.53 Å². The summed E-state index contributed by atoms with van der Waals surface area (Å²) in [7, 11) is 1.48. The molecule has 2 unspecified atom stereocenters. The SMILES string of the molecule is CCCC1CCC1C(=O)OC. The van der Waals surface area contributed by atoms with Gasteiger partial charge < -0.3 is 4.74 Å². The fourth-order valence-corrected chi connectivity index (χ4v) is 1.75. The van der Waals surface area contributed by atoms with Crippen LogP contribution in [0, 0.1) is 11.8 Å². The highest BCUT2D eigenvalue weighted by Gasteiger charge is 2.36. The van der Waals surface area contributed by atoms with Crippen LogP contribution in [0.25, 0.3) is 0 Å². The van der Waals surface area contributed by atoms with Crippen molar-refractivity contribution in [2.75, 3.05) is 7.11 Å². The van der Waals surface area contributed by atoms with Gasteiger partial charge in [-0.05, 0) is 25.2 Å². The molecule has 0 N–H and O–H groups in total. The molecule has 1 saturated carbocycles. The fraction of sp³-hybridized carbons (Fsp3) is 0.889. The summed E-state index contributed by atoms with van der Waals surface area (Å²) in [5.74, 6) is 0.835. The van der Waals surface area contributed by atoms with Crippen molar-refractivity contribution in [2.24, 2.45) is 11.8 Å². The smallest absolute Gasteiger partial charge is 0.308 e. The van der Waals surface area contributed by atoms with Crippen molar-refractivity contribution in [3.05, 3.63) is 0 Å². The average molecular weight is 156 g/mol. The first-order valence-corrected chi connectivity index (χ1v) is 4.37. The molecule has 2 atom stereocenters. The lowest BCUT2D eigenvalue weighted by Gasteiger charge is -2.34. The Bertz CT molecular complexity index is 142. The molecule has 1 rings (SSSR count). The highest BCUT2D eigenvalue weighted by molar-refractivity contribution is 5.73. The molecule has 2 nitrogen and oxygen atoms in total. The van der Waals surface area contributed by atoms with Crippen LogP contribution in [0.15, 0.2) is 0 Å². The lowest BCUT2D eigenvalue weighted by molar-refractivity contribution is -0.151. The van der Waals surface area contributed by atoms with Crippen LogP contribution >= 0.6 is 0 Å². The topological polar surface area (TPSA) is 26.3 Å². The van der Waals surface area contributed by atoms with Crippen LogP contribution in [0.3, 0.4) is 0 Å². The van der Waals surface area contributed by atoms with E-state index in [-0.39, 0.29) is 11.9 Å². The molecule has 0 saturated heterocycles. The zero-order chi connectivity index (χ0) is 8.27. The fourth-order valence-electron chi connectivity index (χ4n) is 1.75. The van der Waals surface area contributed by atoms with Gasteiger partial charge in [0.05, 0.1) is 13.0 Å². The Hall–Kier alpha value is -0.530. The van der Waals surface area contributed by atoms with Gasteiger partial charge in [-0.2, -0.15) is 0 Å². The Balaban J connectivity index is 2.30. The number of rotatable bonds is 3. The van der Waals surface area contributed by atoms with Gasteiger partial charge in [-0.3, -0.25) is 4.79 Å². The van der Waals surface area contributed by atoms with E-state index in [9.17, 15) is 4.79 Å². The molecule has 11 heavy (non-hydrogen) atoms. The van der Waals surface area contributed by atoms with Crippen LogP contribution in [0.4, 0.5) is 0 Å². The summed E-state index contributed by atoms with van der Waals surface area (Å²) in [6.07, 6.45) is 4.61. The zero-order valence-corrected chi connectivity index (χ0v) is 7.30. The quantitative estimate of drug-likeness (QED) is 0.584. The molecule has 0 aromatic rings. The third kappa shape index (κ3) is 1.73. The van der Waals surface area contributed by atoms with E-state index in [1.807, 2.05) is 0 Å². The number of carbonyl (C=O) groups is 1. The van der Waals surface area contributed by atoms with Gasteiger partial charge in [0, 0.05) is 0 Å². The van der Waals surface area contributed by atoms with Gasteiger partial charge in [-0.1, -0.05) is 13.3 Å². The number of esters is 1. The van der Waals surface area contributed by atoms with Gasteiger partial charge in [0.1, 0.15) is 0 Å². The molecule has 64 valence electrons. The summed E-state index contributed by atoms with van der Waals surface area (Å²) in [4.78, 5) is 11.1.